The van der Waals surface area contributed by atoms with E-state index in [0.29, 0.717) is 13.0 Å². The van der Waals surface area contributed by atoms with Crippen LogP contribution in [0.5, 0.6) is 5.75 Å². The van der Waals surface area contributed by atoms with Crippen LogP contribution >= 0.6 is 0 Å². The van der Waals surface area contributed by atoms with Crippen LogP contribution in [0, 0.1) is 0 Å². The van der Waals surface area contributed by atoms with Gasteiger partial charge in [0, 0.05) is 13.0 Å². The van der Waals surface area contributed by atoms with Gasteiger partial charge in [0.1, 0.15) is 5.75 Å². The molecule has 4 heteroatoms. The average Bonchev–Trinajstić information content (AvgIpc) is 2.74. The van der Waals surface area contributed by atoms with Crippen LogP contribution in [0.2, 0.25) is 0 Å². The molecule has 0 fully saturated rings. The molecular weight excluding hydrogens is 352 g/mol. The van der Waals surface area contributed by atoms with Crippen molar-refractivity contribution in [3.63, 3.8) is 0 Å². The van der Waals surface area contributed by atoms with Crippen molar-refractivity contribution in [2.45, 2.75) is 51.4 Å². The fourth-order valence-electron chi connectivity index (χ4n) is 3.08. The number of methoxy groups -OCH3 is 1. The monoisotopic (exact) mass is 384 g/mol. The van der Waals surface area contributed by atoms with Gasteiger partial charge < -0.3 is 14.6 Å². The zero-order chi connectivity index (χ0) is 20.0. The molecule has 0 aliphatic carbocycles. The van der Waals surface area contributed by atoms with Crippen LogP contribution in [0.3, 0.4) is 0 Å². The van der Waals surface area contributed by atoms with E-state index in [-0.39, 0.29) is 5.97 Å². The van der Waals surface area contributed by atoms with Crippen molar-refractivity contribution in [1.29, 1.82) is 0 Å². The first kappa shape index (κ1) is 22.0. The van der Waals surface area contributed by atoms with Crippen LogP contribution in [0.4, 0.5) is 0 Å². The number of rotatable bonds is 13. The van der Waals surface area contributed by atoms with Gasteiger partial charge in [-0.25, -0.2) is 0 Å². The molecule has 0 unspecified atom stereocenters. The average molecular weight is 385 g/mol. The molecule has 0 aliphatic rings. The molecule has 4 nitrogen and oxygen atoms in total. The number of esters is 1. The fourth-order valence-corrected chi connectivity index (χ4v) is 3.08. The zero-order valence-electron chi connectivity index (χ0n) is 16.9. The smallest absolute Gasteiger partial charge is 0.305 e. The van der Waals surface area contributed by atoms with Gasteiger partial charge in [0.25, 0.3) is 0 Å². The maximum absolute atomic E-state index is 11.2. The lowest BCUT2D eigenvalue weighted by Crippen LogP contribution is -2.00. The van der Waals surface area contributed by atoms with Gasteiger partial charge >= 0.3 is 5.97 Å². The van der Waals surface area contributed by atoms with Crippen molar-refractivity contribution >= 4 is 5.97 Å². The summed E-state index contributed by atoms with van der Waals surface area (Å²) in [6, 6.07) is 16.7. The van der Waals surface area contributed by atoms with Crippen molar-refractivity contribution in [2.75, 3.05) is 20.3 Å². The molecule has 2 rings (SSSR count). The molecule has 28 heavy (non-hydrogen) atoms. The van der Waals surface area contributed by atoms with Crippen LogP contribution in [-0.2, 0) is 16.0 Å². The SMILES string of the molecule is COC(=O)CCCc1ccc(-c2ccc(OCCCCCCCO)cc2)cc1. The maximum atomic E-state index is 11.2. The lowest BCUT2D eigenvalue weighted by Gasteiger charge is -2.08. The Hall–Kier alpha value is -2.33. The molecule has 2 aromatic rings. The van der Waals surface area contributed by atoms with E-state index in [1.165, 1.54) is 18.2 Å². The van der Waals surface area contributed by atoms with Gasteiger partial charge in [-0.1, -0.05) is 55.7 Å². The highest BCUT2D eigenvalue weighted by Crippen LogP contribution is 2.23. The lowest BCUT2D eigenvalue weighted by molar-refractivity contribution is -0.140. The third kappa shape index (κ3) is 8.13. The van der Waals surface area contributed by atoms with E-state index < -0.39 is 0 Å². The van der Waals surface area contributed by atoms with Gasteiger partial charge in [0.05, 0.1) is 13.7 Å². The Balaban J connectivity index is 1.74. The van der Waals surface area contributed by atoms with Gasteiger partial charge in [-0.3, -0.25) is 4.79 Å². The van der Waals surface area contributed by atoms with Crippen LogP contribution in [-0.4, -0.2) is 31.4 Å². The minimum Gasteiger partial charge on any atom is -0.494 e. The van der Waals surface area contributed by atoms with Crippen LogP contribution in [0.15, 0.2) is 48.5 Å². The van der Waals surface area contributed by atoms with Crippen molar-refractivity contribution < 1.29 is 19.4 Å². The highest BCUT2D eigenvalue weighted by Gasteiger charge is 2.03. The summed E-state index contributed by atoms with van der Waals surface area (Å²) < 4.78 is 10.5. The van der Waals surface area contributed by atoms with E-state index in [1.807, 2.05) is 12.1 Å². The molecule has 0 spiro atoms. The summed E-state index contributed by atoms with van der Waals surface area (Å²) in [6.45, 7) is 1.03. The van der Waals surface area contributed by atoms with E-state index in [9.17, 15) is 4.79 Å². The van der Waals surface area contributed by atoms with Gasteiger partial charge in [0.2, 0.25) is 0 Å². The third-order valence-corrected chi connectivity index (χ3v) is 4.79. The fraction of sp³-hybridized carbons (Fsp3) is 0.458. The van der Waals surface area contributed by atoms with E-state index >= 15 is 0 Å². The molecule has 2 aromatic carbocycles. The molecule has 1 N–H and O–H groups in total. The number of aryl methyl sites for hydroxylation is 1. The predicted molar refractivity (Wildman–Crippen MR) is 112 cm³/mol. The van der Waals surface area contributed by atoms with Gasteiger partial charge in [-0.2, -0.15) is 0 Å². The Kier molecular flexibility index (Phi) is 10.2. The predicted octanol–water partition coefficient (Wildman–Crippen LogP) is 5.17. The van der Waals surface area contributed by atoms with Crippen molar-refractivity contribution in [1.82, 2.24) is 0 Å². The van der Waals surface area contributed by atoms with Gasteiger partial charge in [-0.05, 0) is 54.5 Å². The number of ether oxygens (including phenoxy) is 2. The van der Waals surface area contributed by atoms with Crippen LogP contribution in [0.25, 0.3) is 11.1 Å². The Morgan fingerprint density at radius 2 is 1.43 bits per heavy atom. The number of aliphatic hydroxyl groups excluding tert-OH is 1. The molecule has 152 valence electrons. The summed E-state index contributed by atoms with van der Waals surface area (Å²) in [5, 5.41) is 8.76. The first-order valence-electron chi connectivity index (χ1n) is 10.2. The van der Waals surface area contributed by atoms with E-state index in [0.717, 1.165) is 62.9 Å². The Morgan fingerprint density at radius 1 is 0.821 bits per heavy atom. The zero-order valence-corrected chi connectivity index (χ0v) is 16.9. The Morgan fingerprint density at radius 3 is 2.07 bits per heavy atom. The van der Waals surface area contributed by atoms with Gasteiger partial charge in [-0.15, -0.1) is 0 Å². The number of unbranched alkanes of at least 4 members (excludes halogenated alkanes) is 4. The lowest BCUT2D eigenvalue weighted by atomic mass is 10.0. The quantitative estimate of drug-likeness (QED) is 0.382. The third-order valence-electron chi connectivity index (χ3n) is 4.79. The largest absolute Gasteiger partial charge is 0.494 e. The highest BCUT2D eigenvalue weighted by molar-refractivity contribution is 5.69. The minimum atomic E-state index is -0.152. The second kappa shape index (κ2) is 12.9. The Labute approximate surface area is 168 Å². The van der Waals surface area contributed by atoms with Crippen molar-refractivity contribution in [3.8, 4) is 16.9 Å². The normalized spacial score (nSPS) is 10.6. The molecular formula is C24H32O4. The summed E-state index contributed by atoms with van der Waals surface area (Å²) in [4.78, 5) is 11.2. The second-order valence-electron chi connectivity index (χ2n) is 6.99. The highest BCUT2D eigenvalue weighted by atomic mass is 16.5. The molecule has 0 aromatic heterocycles. The molecule has 0 heterocycles. The van der Waals surface area contributed by atoms with Crippen molar-refractivity contribution in [2.24, 2.45) is 0 Å². The Bertz CT molecular complexity index is 677. The number of hydrogen-bond acceptors (Lipinski definition) is 4. The molecule has 0 aliphatic heterocycles. The minimum absolute atomic E-state index is 0.152. The number of aliphatic hydroxyl groups is 1. The van der Waals surface area contributed by atoms with E-state index in [1.54, 1.807) is 0 Å². The van der Waals surface area contributed by atoms with Crippen LogP contribution in [0.1, 0.15) is 50.5 Å². The summed E-state index contributed by atoms with van der Waals surface area (Å²) in [5.41, 5.74) is 3.57. The number of benzene rings is 2. The van der Waals surface area contributed by atoms with Crippen molar-refractivity contribution in [3.05, 3.63) is 54.1 Å². The van der Waals surface area contributed by atoms with Crippen LogP contribution < -0.4 is 4.74 Å². The number of carbonyl (C=O) groups is 1. The molecule has 0 amide bonds. The summed E-state index contributed by atoms with van der Waals surface area (Å²) in [6.07, 6.45) is 7.48. The van der Waals surface area contributed by atoms with Gasteiger partial charge in [0.15, 0.2) is 0 Å². The second-order valence-corrected chi connectivity index (χ2v) is 6.99. The topological polar surface area (TPSA) is 55.8 Å². The summed E-state index contributed by atoms with van der Waals surface area (Å²) >= 11 is 0. The molecule has 0 radical (unpaired) electrons. The molecule has 0 saturated heterocycles. The maximum Gasteiger partial charge on any atom is 0.305 e. The molecule has 0 bridgehead atoms. The summed E-state index contributed by atoms with van der Waals surface area (Å²) in [7, 11) is 1.43. The molecule has 0 saturated carbocycles. The first-order chi connectivity index (χ1) is 13.7. The standard InChI is InChI=1S/C24H32O4/c1-27-24(26)9-7-8-20-10-12-21(13-11-20)22-14-16-23(17-15-22)28-19-6-4-2-3-5-18-25/h10-17,25H,2-9,18-19H2,1H3. The van der Waals surface area contributed by atoms with E-state index in [4.69, 9.17) is 9.84 Å². The number of carbonyl (C=O) groups excluding carboxylic acids is 1. The molecule has 0 atom stereocenters. The first-order valence-corrected chi connectivity index (χ1v) is 10.2. The number of hydrogen-bond donors (Lipinski definition) is 1. The van der Waals surface area contributed by atoms with E-state index in [2.05, 4.69) is 41.1 Å². The summed E-state index contributed by atoms with van der Waals surface area (Å²) in [5.74, 6) is 0.749.